The van der Waals surface area contributed by atoms with Gasteiger partial charge in [0, 0.05) is 16.3 Å². The van der Waals surface area contributed by atoms with Gasteiger partial charge in [0.05, 0.1) is 6.42 Å². The number of anilines is 1. The molecule has 3 nitrogen and oxygen atoms in total. The molecule has 0 spiro atoms. The second-order valence-corrected chi connectivity index (χ2v) is 5.18. The molecule has 3 N–H and O–H groups in total. The zero-order chi connectivity index (χ0) is 13.7. The lowest BCUT2D eigenvalue weighted by atomic mass is 10.1. The summed E-state index contributed by atoms with van der Waals surface area (Å²) in [6.07, 6.45) is 0.0566. The first kappa shape index (κ1) is 13.5. The van der Waals surface area contributed by atoms with E-state index in [0.717, 1.165) is 27.5 Å². The molecule has 0 amide bonds. The molecule has 0 fully saturated rings. The van der Waals surface area contributed by atoms with Gasteiger partial charge in [0.1, 0.15) is 0 Å². The molecule has 0 aliphatic rings. The summed E-state index contributed by atoms with van der Waals surface area (Å²) in [4.78, 5) is 11.8. The van der Waals surface area contributed by atoms with Gasteiger partial charge in [-0.25, -0.2) is 0 Å². The quantitative estimate of drug-likeness (QED) is 0.648. The van der Waals surface area contributed by atoms with Crippen molar-refractivity contribution < 1.29 is 9.90 Å². The number of carboxylic acid groups (broad SMARTS) is 1. The van der Waals surface area contributed by atoms with Gasteiger partial charge in [0.15, 0.2) is 0 Å². The van der Waals surface area contributed by atoms with Crippen LogP contribution in [0.1, 0.15) is 11.1 Å². The van der Waals surface area contributed by atoms with Gasteiger partial charge in [-0.3, -0.25) is 4.79 Å². The van der Waals surface area contributed by atoms with E-state index in [4.69, 9.17) is 10.8 Å². The first-order valence-electron chi connectivity index (χ1n) is 5.92. The molecule has 2 rings (SSSR count). The second kappa shape index (κ2) is 6.29. The number of carbonyl (C=O) groups is 1. The molecule has 2 aromatic carbocycles. The van der Waals surface area contributed by atoms with E-state index in [1.54, 1.807) is 11.8 Å². The number of thioether (sulfide) groups is 1. The summed E-state index contributed by atoms with van der Waals surface area (Å²) in [5.74, 6) is -0.0887. The van der Waals surface area contributed by atoms with Crippen LogP contribution in [0.4, 0.5) is 5.69 Å². The maximum atomic E-state index is 10.8. The molecule has 98 valence electrons. The summed E-state index contributed by atoms with van der Waals surface area (Å²) in [6.45, 7) is 0. The lowest BCUT2D eigenvalue weighted by molar-refractivity contribution is -0.136. The zero-order valence-electron chi connectivity index (χ0n) is 10.4. The van der Waals surface area contributed by atoms with E-state index < -0.39 is 5.97 Å². The predicted octanol–water partition coefficient (Wildman–Crippen LogP) is 3.19. The number of carboxylic acids is 1. The largest absolute Gasteiger partial charge is 0.481 e. The van der Waals surface area contributed by atoms with Gasteiger partial charge >= 0.3 is 5.97 Å². The molecule has 0 saturated carbocycles. The highest BCUT2D eigenvalue weighted by atomic mass is 32.2. The Labute approximate surface area is 116 Å². The standard InChI is InChI=1S/C15H15NO2S/c16-13-7-3-4-8-14(13)19-10-12-6-2-1-5-11(12)9-15(17)18/h1-8H,9-10,16H2,(H,17,18). The summed E-state index contributed by atoms with van der Waals surface area (Å²) < 4.78 is 0. The van der Waals surface area contributed by atoms with Crippen LogP contribution in [0.15, 0.2) is 53.4 Å². The summed E-state index contributed by atoms with van der Waals surface area (Å²) in [5, 5.41) is 8.89. The van der Waals surface area contributed by atoms with Crippen molar-refractivity contribution in [1.29, 1.82) is 0 Å². The summed E-state index contributed by atoms with van der Waals surface area (Å²) in [7, 11) is 0. The van der Waals surface area contributed by atoms with Gasteiger partial charge in [-0.05, 0) is 23.3 Å². The summed E-state index contributed by atoms with van der Waals surface area (Å²) in [6, 6.07) is 15.3. The normalized spacial score (nSPS) is 10.3. The molecule has 2 aromatic rings. The molecule has 0 unspecified atom stereocenters. The smallest absolute Gasteiger partial charge is 0.307 e. The molecule has 0 aliphatic carbocycles. The van der Waals surface area contributed by atoms with Gasteiger partial charge < -0.3 is 10.8 Å². The van der Waals surface area contributed by atoms with E-state index in [0.29, 0.717) is 0 Å². The molecule has 0 heterocycles. The Morgan fingerprint density at radius 2 is 1.68 bits per heavy atom. The SMILES string of the molecule is Nc1ccccc1SCc1ccccc1CC(=O)O. The van der Waals surface area contributed by atoms with Crippen LogP contribution in [0.25, 0.3) is 0 Å². The monoisotopic (exact) mass is 273 g/mol. The summed E-state index contributed by atoms with van der Waals surface area (Å²) in [5.41, 5.74) is 8.54. The average Bonchev–Trinajstić information content (AvgIpc) is 2.39. The molecule has 0 saturated heterocycles. The van der Waals surface area contributed by atoms with E-state index in [1.807, 2.05) is 48.5 Å². The van der Waals surface area contributed by atoms with E-state index >= 15 is 0 Å². The van der Waals surface area contributed by atoms with Crippen LogP contribution in [0.3, 0.4) is 0 Å². The number of nitrogen functional groups attached to an aromatic ring is 1. The fourth-order valence-corrected chi connectivity index (χ4v) is 2.80. The molecule has 19 heavy (non-hydrogen) atoms. The fraction of sp³-hybridized carbons (Fsp3) is 0.133. The minimum atomic E-state index is -0.809. The van der Waals surface area contributed by atoms with Gasteiger partial charge in [-0.1, -0.05) is 36.4 Å². The molecular weight excluding hydrogens is 258 g/mol. The van der Waals surface area contributed by atoms with Crippen LogP contribution in [0, 0.1) is 0 Å². The van der Waals surface area contributed by atoms with Crippen molar-refractivity contribution >= 4 is 23.4 Å². The van der Waals surface area contributed by atoms with Crippen LogP contribution < -0.4 is 5.73 Å². The fourth-order valence-electron chi connectivity index (χ4n) is 1.80. The van der Waals surface area contributed by atoms with Crippen LogP contribution in [0.2, 0.25) is 0 Å². The highest BCUT2D eigenvalue weighted by Gasteiger charge is 2.07. The van der Waals surface area contributed by atoms with Crippen molar-refractivity contribution in [2.45, 2.75) is 17.1 Å². The lowest BCUT2D eigenvalue weighted by Crippen LogP contribution is -2.03. The molecule has 4 heteroatoms. The third-order valence-corrected chi connectivity index (χ3v) is 3.90. The summed E-state index contributed by atoms with van der Waals surface area (Å²) >= 11 is 1.62. The van der Waals surface area contributed by atoms with Gasteiger partial charge in [0.2, 0.25) is 0 Å². The Bertz CT molecular complexity index is 584. The van der Waals surface area contributed by atoms with Crippen LogP contribution >= 0.6 is 11.8 Å². The maximum Gasteiger partial charge on any atom is 0.307 e. The third-order valence-electron chi connectivity index (χ3n) is 2.76. The Kier molecular flexibility index (Phi) is 4.47. The Morgan fingerprint density at radius 1 is 1.05 bits per heavy atom. The highest BCUT2D eigenvalue weighted by molar-refractivity contribution is 7.98. The third kappa shape index (κ3) is 3.76. The first-order valence-corrected chi connectivity index (χ1v) is 6.91. The van der Waals surface area contributed by atoms with Crippen molar-refractivity contribution in [3.05, 3.63) is 59.7 Å². The number of benzene rings is 2. The van der Waals surface area contributed by atoms with E-state index in [1.165, 1.54) is 0 Å². The first-order chi connectivity index (χ1) is 9.16. The van der Waals surface area contributed by atoms with Gasteiger partial charge in [-0.2, -0.15) is 0 Å². The van der Waals surface area contributed by atoms with Crippen LogP contribution in [-0.2, 0) is 17.0 Å². The number of para-hydroxylation sites is 1. The number of rotatable bonds is 5. The Hall–Kier alpha value is -1.94. The highest BCUT2D eigenvalue weighted by Crippen LogP contribution is 2.28. The van der Waals surface area contributed by atoms with Crippen molar-refractivity contribution in [3.8, 4) is 0 Å². The molecule has 0 aliphatic heterocycles. The van der Waals surface area contributed by atoms with Gasteiger partial charge in [-0.15, -0.1) is 11.8 Å². The van der Waals surface area contributed by atoms with Crippen molar-refractivity contribution in [1.82, 2.24) is 0 Å². The second-order valence-electron chi connectivity index (χ2n) is 4.17. The molecule has 0 aromatic heterocycles. The average molecular weight is 273 g/mol. The Balaban J connectivity index is 2.11. The zero-order valence-corrected chi connectivity index (χ0v) is 11.2. The van der Waals surface area contributed by atoms with E-state index in [9.17, 15) is 4.79 Å². The van der Waals surface area contributed by atoms with E-state index in [-0.39, 0.29) is 6.42 Å². The number of hydrogen-bond donors (Lipinski definition) is 2. The van der Waals surface area contributed by atoms with E-state index in [2.05, 4.69) is 0 Å². The van der Waals surface area contributed by atoms with Crippen molar-refractivity contribution in [2.24, 2.45) is 0 Å². The van der Waals surface area contributed by atoms with Gasteiger partial charge in [0.25, 0.3) is 0 Å². The molecular formula is C15H15NO2S. The van der Waals surface area contributed by atoms with Crippen molar-refractivity contribution in [3.63, 3.8) is 0 Å². The minimum Gasteiger partial charge on any atom is -0.481 e. The minimum absolute atomic E-state index is 0.0566. The van der Waals surface area contributed by atoms with Crippen LogP contribution in [-0.4, -0.2) is 11.1 Å². The number of hydrogen-bond acceptors (Lipinski definition) is 3. The Morgan fingerprint density at radius 3 is 2.37 bits per heavy atom. The number of aliphatic carboxylic acids is 1. The maximum absolute atomic E-state index is 10.8. The molecule has 0 radical (unpaired) electrons. The lowest BCUT2D eigenvalue weighted by Gasteiger charge is -2.08. The number of nitrogens with two attached hydrogens (primary N) is 1. The molecule has 0 atom stereocenters. The topological polar surface area (TPSA) is 63.3 Å². The molecule has 0 bridgehead atoms. The predicted molar refractivity (Wildman–Crippen MR) is 78.2 cm³/mol. The van der Waals surface area contributed by atoms with Crippen LogP contribution in [0.5, 0.6) is 0 Å². The van der Waals surface area contributed by atoms with Crippen molar-refractivity contribution in [2.75, 3.05) is 5.73 Å².